The van der Waals surface area contributed by atoms with Gasteiger partial charge in [-0.2, -0.15) is 0 Å². The summed E-state index contributed by atoms with van der Waals surface area (Å²) in [5, 5.41) is 3.63. The molecule has 0 amide bonds. The van der Waals surface area contributed by atoms with Gasteiger partial charge in [-0.25, -0.2) is 0 Å². The zero-order valence-corrected chi connectivity index (χ0v) is 11.6. The third-order valence-corrected chi connectivity index (χ3v) is 2.90. The summed E-state index contributed by atoms with van der Waals surface area (Å²) in [5.41, 5.74) is 0. The van der Waals surface area contributed by atoms with E-state index in [2.05, 4.69) is 26.1 Å². The van der Waals surface area contributed by atoms with E-state index in [-0.39, 0.29) is 0 Å². The molecule has 0 radical (unpaired) electrons. The quantitative estimate of drug-likeness (QED) is 0.515. The van der Waals surface area contributed by atoms with Crippen molar-refractivity contribution in [3.63, 3.8) is 0 Å². The van der Waals surface area contributed by atoms with Crippen molar-refractivity contribution in [1.29, 1.82) is 0 Å². The van der Waals surface area contributed by atoms with Crippen LogP contribution in [0.25, 0.3) is 0 Å². The summed E-state index contributed by atoms with van der Waals surface area (Å²) in [6, 6.07) is 0.670. The zero-order valence-electron chi connectivity index (χ0n) is 11.6. The highest BCUT2D eigenvalue weighted by atomic mass is 16.5. The van der Waals surface area contributed by atoms with E-state index >= 15 is 0 Å². The van der Waals surface area contributed by atoms with Gasteiger partial charge in [-0.1, -0.05) is 39.5 Å². The Kier molecular flexibility index (Phi) is 12.9. The fraction of sp³-hybridized carbons (Fsp3) is 1.00. The molecule has 1 N–H and O–H groups in total. The Labute approximate surface area is 102 Å². The van der Waals surface area contributed by atoms with E-state index in [1.165, 1.54) is 44.9 Å². The lowest BCUT2D eigenvalue weighted by atomic mass is 10.0. The number of rotatable bonds is 12. The minimum absolute atomic E-state index is 0.670. The topological polar surface area (TPSA) is 21.3 Å². The van der Waals surface area contributed by atoms with Crippen molar-refractivity contribution >= 4 is 0 Å². The van der Waals surface area contributed by atoms with Crippen LogP contribution in [-0.4, -0.2) is 25.8 Å². The van der Waals surface area contributed by atoms with Gasteiger partial charge in [0.05, 0.1) is 0 Å². The summed E-state index contributed by atoms with van der Waals surface area (Å²) in [7, 11) is 0. The Morgan fingerprint density at radius 2 is 1.75 bits per heavy atom. The molecule has 0 aromatic carbocycles. The summed E-state index contributed by atoms with van der Waals surface area (Å²) in [6.45, 7) is 9.45. The molecular formula is C14H31NO. The van der Waals surface area contributed by atoms with Crippen LogP contribution in [0.2, 0.25) is 0 Å². The number of ether oxygens (including phenoxy) is 1. The van der Waals surface area contributed by atoms with Gasteiger partial charge in [0.1, 0.15) is 0 Å². The summed E-state index contributed by atoms with van der Waals surface area (Å²) in [5.74, 6) is 0. The fourth-order valence-electron chi connectivity index (χ4n) is 1.88. The third-order valence-electron chi connectivity index (χ3n) is 2.90. The second-order valence-electron chi connectivity index (χ2n) is 4.49. The molecule has 98 valence electrons. The van der Waals surface area contributed by atoms with E-state index in [4.69, 9.17) is 4.74 Å². The molecule has 0 aliphatic heterocycles. The Hall–Kier alpha value is -0.0800. The van der Waals surface area contributed by atoms with Crippen molar-refractivity contribution in [2.75, 3.05) is 19.8 Å². The first-order valence-electron chi connectivity index (χ1n) is 7.16. The van der Waals surface area contributed by atoms with E-state index in [9.17, 15) is 0 Å². The van der Waals surface area contributed by atoms with Crippen molar-refractivity contribution in [2.24, 2.45) is 0 Å². The lowest BCUT2D eigenvalue weighted by Crippen LogP contribution is -2.31. The maximum absolute atomic E-state index is 5.43. The van der Waals surface area contributed by atoms with Gasteiger partial charge in [0.25, 0.3) is 0 Å². The van der Waals surface area contributed by atoms with Crippen molar-refractivity contribution in [2.45, 2.75) is 71.8 Å². The largest absolute Gasteiger partial charge is 0.382 e. The molecule has 16 heavy (non-hydrogen) atoms. The molecule has 0 fully saturated rings. The Morgan fingerprint density at radius 3 is 2.38 bits per heavy atom. The van der Waals surface area contributed by atoms with Crippen molar-refractivity contribution in [3.8, 4) is 0 Å². The van der Waals surface area contributed by atoms with Crippen LogP contribution in [0.15, 0.2) is 0 Å². The monoisotopic (exact) mass is 229 g/mol. The normalized spacial score (nSPS) is 12.9. The number of hydrogen-bond acceptors (Lipinski definition) is 2. The molecule has 0 saturated heterocycles. The number of nitrogens with one attached hydrogen (secondary N) is 1. The van der Waals surface area contributed by atoms with E-state index in [0.717, 1.165) is 19.8 Å². The predicted octanol–water partition coefficient (Wildman–Crippen LogP) is 3.75. The van der Waals surface area contributed by atoms with Crippen LogP contribution < -0.4 is 5.32 Å². The smallest absolute Gasteiger partial charge is 0.0480 e. The third kappa shape index (κ3) is 10.4. The molecule has 0 aliphatic carbocycles. The SMILES string of the molecule is CCCCCCC(CCOCC)NCCC. The molecule has 2 nitrogen and oxygen atoms in total. The molecule has 0 spiro atoms. The van der Waals surface area contributed by atoms with Crippen LogP contribution in [0.3, 0.4) is 0 Å². The van der Waals surface area contributed by atoms with E-state index in [0.29, 0.717) is 6.04 Å². The standard InChI is InChI=1S/C14H31NO/c1-4-7-8-9-10-14(15-12-5-2)11-13-16-6-3/h14-15H,4-13H2,1-3H3. The molecule has 0 bridgehead atoms. The summed E-state index contributed by atoms with van der Waals surface area (Å²) in [6.07, 6.45) is 9.15. The second kappa shape index (κ2) is 13.0. The maximum Gasteiger partial charge on any atom is 0.0480 e. The van der Waals surface area contributed by atoms with Gasteiger partial charge in [0, 0.05) is 19.3 Å². The van der Waals surface area contributed by atoms with E-state index < -0.39 is 0 Å². The average molecular weight is 229 g/mol. The van der Waals surface area contributed by atoms with Crippen LogP contribution in [-0.2, 0) is 4.74 Å². The van der Waals surface area contributed by atoms with Gasteiger partial charge < -0.3 is 10.1 Å². The number of hydrogen-bond donors (Lipinski definition) is 1. The van der Waals surface area contributed by atoms with Crippen molar-refractivity contribution in [3.05, 3.63) is 0 Å². The Balaban J connectivity index is 3.54. The van der Waals surface area contributed by atoms with Gasteiger partial charge in [-0.15, -0.1) is 0 Å². The minimum atomic E-state index is 0.670. The molecule has 1 unspecified atom stereocenters. The van der Waals surface area contributed by atoms with E-state index in [1.807, 2.05) is 0 Å². The second-order valence-corrected chi connectivity index (χ2v) is 4.49. The molecular weight excluding hydrogens is 198 g/mol. The highest BCUT2D eigenvalue weighted by molar-refractivity contribution is 4.66. The predicted molar refractivity (Wildman–Crippen MR) is 72.0 cm³/mol. The molecule has 0 rings (SSSR count). The molecule has 0 heterocycles. The first kappa shape index (κ1) is 15.9. The van der Waals surface area contributed by atoms with Crippen LogP contribution in [0.1, 0.15) is 65.7 Å². The van der Waals surface area contributed by atoms with Crippen molar-refractivity contribution < 1.29 is 4.74 Å². The van der Waals surface area contributed by atoms with Gasteiger partial charge in [-0.05, 0) is 32.7 Å². The van der Waals surface area contributed by atoms with Crippen LogP contribution in [0.5, 0.6) is 0 Å². The first-order chi connectivity index (χ1) is 7.85. The summed E-state index contributed by atoms with van der Waals surface area (Å²) in [4.78, 5) is 0. The fourth-order valence-corrected chi connectivity index (χ4v) is 1.88. The lowest BCUT2D eigenvalue weighted by molar-refractivity contribution is 0.135. The van der Waals surface area contributed by atoms with Crippen molar-refractivity contribution in [1.82, 2.24) is 5.32 Å². The Morgan fingerprint density at radius 1 is 0.938 bits per heavy atom. The Bertz CT molecular complexity index is 128. The molecule has 0 aliphatic rings. The number of unbranched alkanes of at least 4 members (excludes halogenated alkanes) is 3. The average Bonchev–Trinajstić information content (AvgIpc) is 2.31. The minimum Gasteiger partial charge on any atom is -0.382 e. The molecule has 2 heteroatoms. The maximum atomic E-state index is 5.43. The van der Waals surface area contributed by atoms with Gasteiger partial charge >= 0.3 is 0 Å². The highest BCUT2D eigenvalue weighted by Gasteiger charge is 2.06. The highest BCUT2D eigenvalue weighted by Crippen LogP contribution is 2.08. The van der Waals surface area contributed by atoms with Gasteiger partial charge in [0.15, 0.2) is 0 Å². The molecule has 1 atom stereocenters. The zero-order chi connectivity index (χ0) is 12.1. The molecule has 0 aromatic heterocycles. The van der Waals surface area contributed by atoms with Crippen LogP contribution >= 0.6 is 0 Å². The first-order valence-corrected chi connectivity index (χ1v) is 7.16. The van der Waals surface area contributed by atoms with Crippen LogP contribution in [0.4, 0.5) is 0 Å². The summed E-state index contributed by atoms with van der Waals surface area (Å²) < 4.78 is 5.43. The molecule has 0 aromatic rings. The lowest BCUT2D eigenvalue weighted by Gasteiger charge is -2.18. The van der Waals surface area contributed by atoms with Crippen LogP contribution in [0, 0.1) is 0 Å². The van der Waals surface area contributed by atoms with E-state index in [1.54, 1.807) is 0 Å². The summed E-state index contributed by atoms with van der Waals surface area (Å²) >= 11 is 0. The van der Waals surface area contributed by atoms with Gasteiger partial charge in [0.2, 0.25) is 0 Å². The molecule has 0 saturated carbocycles. The van der Waals surface area contributed by atoms with Gasteiger partial charge in [-0.3, -0.25) is 0 Å².